The van der Waals surface area contributed by atoms with Crippen LogP contribution in [0.25, 0.3) is 0 Å². The molecule has 6 nitrogen and oxygen atoms in total. The van der Waals surface area contributed by atoms with E-state index < -0.39 is 10.0 Å². The number of ether oxygens (including phenoxy) is 1. The average molecular weight is 395 g/mol. The zero-order chi connectivity index (χ0) is 19.4. The van der Waals surface area contributed by atoms with E-state index >= 15 is 0 Å². The smallest absolute Gasteiger partial charge is 0.227 e. The van der Waals surface area contributed by atoms with Gasteiger partial charge in [-0.05, 0) is 43.4 Å². The Bertz CT molecular complexity index is 748. The highest BCUT2D eigenvalue weighted by Crippen LogP contribution is 2.33. The largest absolute Gasteiger partial charge is 0.497 e. The normalized spacial score (nSPS) is 25.0. The first-order chi connectivity index (χ1) is 12.9. The summed E-state index contributed by atoms with van der Waals surface area (Å²) in [6.45, 7) is 1.57. The summed E-state index contributed by atoms with van der Waals surface area (Å²) < 4.78 is 30.6. The molecule has 2 heterocycles. The molecule has 2 saturated heterocycles. The van der Waals surface area contributed by atoms with Gasteiger partial charge in [-0.3, -0.25) is 4.79 Å². The zero-order valence-corrected chi connectivity index (χ0v) is 17.1. The monoisotopic (exact) mass is 394 g/mol. The van der Waals surface area contributed by atoms with Crippen LogP contribution < -0.4 is 4.74 Å². The molecule has 1 aromatic rings. The van der Waals surface area contributed by atoms with E-state index in [0.29, 0.717) is 13.1 Å². The number of hydrogen-bond acceptors (Lipinski definition) is 4. The van der Waals surface area contributed by atoms with E-state index in [1.165, 1.54) is 10.6 Å². The maximum absolute atomic E-state index is 13.4. The first-order valence-electron chi connectivity index (χ1n) is 9.79. The quantitative estimate of drug-likeness (QED) is 0.788. The second-order valence-electron chi connectivity index (χ2n) is 7.63. The van der Waals surface area contributed by atoms with Crippen LogP contribution in [0.4, 0.5) is 0 Å². The molecule has 7 heteroatoms. The highest BCUT2D eigenvalue weighted by Gasteiger charge is 2.35. The standard InChI is InChI=1S/C20H30N2O4S/c1-26-18-11-9-16(10-12-18)19-8-4-3-5-14-22(19)20(23)17-7-6-13-21(15-17)27(2,24)25/h9-12,17,19H,3-8,13-15H2,1-2H3. The number of sulfonamides is 1. The number of amides is 1. The number of carbonyl (C=O) groups excluding carboxylic acids is 1. The molecule has 0 N–H and O–H groups in total. The Labute approximate surface area is 162 Å². The summed E-state index contributed by atoms with van der Waals surface area (Å²) in [6, 6.07) is 8.01. The van der Waals surface area contributed by atoms with Gasteiger partial charge in [0.25, 0.3) is 0 Å². The summed E-state index contributed by atoms with van der Waals surface area (Å²) in [4.78, 5) is 15.4. The molecule has 0 aromatic heterocycles. The SMILES string of the molecule is COc1ccc(C2CCCCCN2C(=O)C2CCCN(S(C)(=O)=O)C2)cc1. The molecule has 3 rings (SSSR count). The van der Waals surface area contributed by atoms with Gasteiger partial charge in [0.2, 0.25) is 15.9 Å². The van der Waals surface area contributed by atoms with Gasteiger partial charge in [0, 0.05) is 19.6 Å². The number of carbonyl (C=O) groups is 1. The summed E-state index contributed by atoms with van der Waals surface area (Å²) in [6.07, 6.45) is 6.89. The van der Waals surface area contributed by atoms with Gasteiger partial charge in [0.15, 0.2) is 0 Å². The van der Waals surface area contributed by atoms with Crippen LogP contribution in [0.2, 0.25) is 0 Å². The second-order valence-corrected chi connectivity index (χ2v) is 9.61. The molecule has 0 saturated carbocycles. The lowest BCUT2D eigenvalue weighted by Gasteiger charge is -2.37. The number of piperidine rings is 1. The first kappa shape index (κ1) is 20.1. The predicted molar refractivity (Wildman–Crippen MR) is 105 cm³/mol. The van der Waals surface area contributed by atoms with E-state index in [2.05, 4.69) is 0 Å². The molecule has 27 heavy (non-hydrogen) atoms. The van der Waals surface area contributed by atoms with Crippen molar-refractivity contribution in [2.45, 2.75) is 44.6 Å². The van der Waals surface area contributed by atoms with Crippen LogP contribution >= 0.6 is 0 Å². The molecule has 150 valence electrons. The van der Waals surface area contributed by atoms with Gasteiger partial charge in [0.1, 0.15) is 5.75 Å². The number of benzene rings is 1. The summed E-state index contributed by atoms with van der Waals surface area (Å²) in [5.41, 5.74) is 1.13. The third-order valence-electron chi connectivity index (χ3n) is 5.74. The van der Waals surface area contributed by atoms with Crippen LogP contribution in [-0.2, 0) is 14.8 Å². The topological polar surface area (TPSA) is 66.9 Å². The summed E-state index contributed by atoms with van der Waals surface area (Å²) in [5, 5.41) is 0. The number of hydrogen-bond donors (Lipinski definition) is 0. The molecule has 0 aliphatic carbocycles. The van der Waals surface area contributed by atoms with Crippen molar-refractivity contribution >= 4 is 15.9 Å². The Balaban J connectivity index is 1.80. The molecular formula is C20H30N2O4S. The van der Waals surface area contributed by atoms with E-state index in [0.717, 1.165) is 56.4 Å². The highest BCUT2D eigenvalue weighted by atomic mass is 32.2. The molecule has 0 bridgehead atoms. The van der Waals surface area contributed by atoms with Crippen LogP contribution in [0, 0.1) is 5.92 Å². The van der Waals surface area contributed by atoms with Gasteiger partial charge < -0.3 is 9.64 Å². The van der Waals surface area contributed by atoms with Crippen LogP contribution in [0.3, 0.4) is 0 Å². The van der Waals surface area contributed by atoms with Crippen LogP contribution in [0.5, 0.6) is 5.75 Å². The minimum absolute atomic E-state index is 0.0551. The van der Waals surface area contributed by atoms with Gasteiger partial charge >= 0.3 is 0 Å². The zero-order valence-electron chi connectivity index (χ0n) is 16.3. The van der Waals surface area contributed by atoms with Crippen molar-refractivity contribution in [2.75, 3.05) is 33.0 Å². The highest BCUT2D eigenvalue weighted by molar-refractivity contribution is 7.88. The van der Waals surface area contributed by atoms with Gasteiger partial charge in [-0.25, -0.2) is 12.7 Å². The summed E-state index contributed by atoms with van der Waals surface area (Å²) in [5.74, 6) is 0.666. The van der Waals surface area contributed by atoms with Gasteiger partial charge in [-0.2, -0.15) is 0 Å². The molecular weight excluding hydrogens is 364 g/mol. The summed E-state index contributed by atoms with van der Waals surface area (Å²) >= 11 is 0. The molecule has 0 spiro atoms. The predicted octanol–water partition coefficient (Wildman–Crippen LogP) is 2.81. The van der Waals surface area contributed by atoms with Gasteiger partial charge in [-0.1, -0.05) is 25.0 Å². The fourth-order valence-electron chi connectivity index (χ4n) is 4.22. The van der Waals surface area contributed by atoms with Crippen LogP contribution in [0.1, 0.15) is 50.1 Å². The minimum Gasteiger partial charge on any atom is -0.497 e. The molecule has 2 atom stereocenters. The van der Waals surface area contributed by atoms with Crippen LogP contribution in [0.15, 0.2) is 24.3 Å². The molecule has 2 aliphatic heterocycles. The minimum atomic E-state index is -3.25. The Morgan fingerprint density at radius 3 is 2.44 bits per heavy atom. The second kappa shape index (κ2) is 8.61. The van der Waals surface area contributed by atoms with Crippen molar-refractivity contribution in [3.63, 3.8) is 0 Å². The van der Waals surface area contributed by atoms with Crippen molar-refractivity contribution in [3.05, 3.63) is 29.8 Å². The fourth-order valence-corrected chi connectivity index (χ4v) is 5.14. The molecule has 2 fully saturated rings. The Morgan fingerprint density at radius 2 is 1.78 bits per heavy atom. The molecule has 2 aliphatic rings. The van der Waals surface area contributed by atoms with Crippen LogP contribution in [-0.4, -0.2) is 56.5 Å². The van der Waals surface area contributed by atoms with Gasteiger partial charge in [-0.15, -0.1) is 0 Å². The number of methoxy groups -OCH3 is 1. The third-order valence-corrected chi connectivity index (χ3v) is 7.01. The number of likely N-dealkylation sites (tertiary alicyclic amines) is 1. The molecule has 1 aromatic carbocycles. The molecule has 1 amide bonds. The van der Waals surface area contributed by atoms with E-state index in [9.17, 15) is 13.2 Å². The molecule has 0 radical (unpaired) electrons. The van der Waals surface area contributed by atoms with Gasteiger partial charge in [0.05, 0.1) is 25.3 Å². The van der Waals surface area contributed by atoms with Crippen molar-refractivity contribution in [1.29, 1.82) is 0 Å². The third kappa shape index (κ3) is 4.82. The Kier molecular flexibility index (Phi) is 6.42. The summed E-state index contributed by atoms with van der Waals surface area (Å²) in [7, 11) is -1.61. The average Bonchev–Trinajstić information content (AvgIpc) is 2.93. The maximum Gasteiger partial charge on any atom is 0.227 e. The van der Waals surface area contributed by atoms with E-state index in [-0.39, 0.29) is 17.9 Å². The first-order valence-corrected chi connectivity index (χ1v) is 11.6. The Morgan fingerprint density at radius 1 is 1.04 bits per heavy atom. The maximum atomic E-state index is 13.4. The Hall–Kier alpha value is -1.60. The molecule has 2 unspecified atom stereocenters. The fraction of sp³-hybridized carbons (Fsp3) is 0.650. The lowest BCUT2D eigenvalue weighted by molar-refractivity contribution is -0.139. The van der Waals surface area contributed by atoms with Crippen molar-refractivity contribution in [1.82, 2.24) is 9.21 Å². The van der Waals surface area contributed by atoms with E-state index in [4.69, 9.17) is 4.74 Å². The van der Waals surface area contributed by atoms with E-state index in [1.54, 1.807) is 7.11 Å². The van der Waals surface area contributed by atoms with E-state index in [1.807, 2.05) is 29.2 Å². The lowest BCUT2D eigenvalue weighted by Crippen LogP contribution is -2.47. The lowest BCUT2D eigenvalue weighted by atomic mass is 9.95. The number of rotatable bonds is 4. The van der Waals surface area contributed by atoms with Crippen molar-refractivity contribution < 1.29 is 17.9 Å². The van der Waals surface area contributed by atoms with Crippen molar-refractivity contribution in [3.8, 4) is 5.75 Å². The number of nitrogens with zero attached hydrogens (tertiary/aromatic N) is 2. The van der Waals surface area contributed by atoms with Crippen molar-refractivity contribution in [2.24, 2.45) is 5.92 Å².